The molecule has 1 N–H and O–H groups in total. The number of aromatic nitrogens is 1. The number of carbonyl (C=O) groups excluding carboxylic acids is 1. The number of benzene rings is 1. The third-order valence-corrected chi connectivity index (χ3v) is 4.94. The van der Waals surface area contributed by atoms with Crippen molar-refractivity contribution in [2.24, 2.45) is 0 Å². The first-order valence-corrected chi connectivity index (χ1v) is 11.4. The number of rotatable bonds is 9. The zero-order valence-electron chi connectivity index (χ0n) is 18.8. The number of anilines is 1. The average molecular weight is 412 g/mol. The molecule has 2 aromatic rings. The summed E-state index contributed by atoms with van der Waals surface area (Å²) in [7, 11) is 0. The van der Waals surface area contributed by atoms with Crippen molar-refractivity contribution in [3.8, 4) is 5.75 Å². The highest BCUT2D eigenvalue weighted by molar-refractivity contribution is 6.07. The summed E-state index contributed by atoms with van der Waals surface area (Å²) in [4.78, 5) is 18.8. The molecule has 0 spiro atoms. The van der Waals surface area contributed by atoms with Crippen LogP contribution in [0.15, 0.2) is 42.7 Å². The van der Waals surface area contributed by atoms with Crippen LogP contribution in [0.3, 0.4) is 0 Å². The van der Waals surface area contributed by atoms with E-state index in [0.717, 1.165) is 43.7 Å². The molecule has 5 heteroatoms. The van der Waals surface area contributed by atoms with Gasteiger partial charge in [0, 0.05) is 18.9 Å². The molecule has 0 unspecified atom stereocenters. The number of hydrogen-bond acceptors (Lipinski definition) is 4. The van der Waals surface area contributed by atoms with Gasteiger partial charge in [-0.15, -0.1) is 0 Å². The highest BCUT2D eigenvalue weighted by atomic mass is 16.5. The zero-order valence-corrected chi connectivity index (χ0v) is 18.8. The summed E-state index contributed by atoms with van der Waals surface area (Å²) < 4.78 is 5.95. The Kier molecular flexibility index (Phi) is 10.9. The lowest BCUT2D eigenvalue weighted by molar-refractivity contribution is 0.0983. The van der Waals surface area contributed by atoms with E-state index in [9.17, 15) is 4.79 Å². The molecule has 0 radical (unpaired) electrons. The third-order valence-electron chi connectivity index (χ3n) is 4.94. The average Bonchev–Trinajstić information content (AvgIpc) is 2.80. The Hall–Kier alpha value is -2.40. The molecule has 0 saturated carbocycles. The van der Waals surface area contributed by atoms with E-state index in [1.807, 2.05) is 23.1 Å². The Morgan fingerprint density at radius 1 is 1.10 bits per heavy atom. The highest BCUT2D eigenvalue weighted by Crippen LogP contribution is 2.37. The van der Waals surface area contributed by atoms with Crippen molar-refractivity contribution in [3.63, 3.8) is 0 Å². The maximum absolute atomic E-state index is 12.9. The van der Waals surface area contributed by atoms with Gasteiger partial charge in [-0.1, -0.05) is 39.3 Å². The van der Waals surface area contributed by atoms with E-state index in [1.165, 1.54) is 31.5 Å². The van der Waals surface area contributed by atoms with Crippen LogP contribution in [0.2, 0.25) is 0 Å². The van der Waals surface area contributed by atoms with Crippen molar-refractivity contribution in [2.45, 2.75) is 59.3 Å². The molecule has 0 fully saturated rings. The Labute approximate surface area is 181 Å². The number of amides is 1. The predicted molar refractivity (Wildman–Crippen MR) is 125 cm³/mol. The molecule has 0 saturated heterocycles. The molecule has 1 aromatic carbocycles. The first kappa shape index (κ1) is 23.9. The molecule has 5 nitrogen and oxygen atoms in total. The van der Waals surface area contributed by atoms with Gasteiger partial charge in [0.25, 0.3) is 5.91 Å². The van der Waals surface area contributed by atoms with E-state index < -0.39 is 0 Å². The van der Waals surface area contributed by atoms with E-state index >= 15 is 0 Å². The molecule has 0 aliphatic carbocycles. The molecule has 0 bridgehead atoms. The number of ether oxygens (including phenoxy) is 1. The number of fused-ring (bicyclic) bond motifs is 1. The molecule has 0 atom stereocenters. The molecule has 164 valence electrons. The molecule has 1 aliphatic rings. The van der Waals surface area contributed by atoms with Gasteiger partial charge in [0.1, 0.15) is 5.75 Å². The third kappa shape index (κ3) is 7.13. The van der Waals surface area contributed by atoms with E-state index in [0.29, 0.717) is 12.2 Å². The number of para-hydroxylation sites is 1. The topological polar surface area (TPSA) is 54.5 Å². The van der Waals surface area contributed by atoms with Crippen LogP contribution >= 0.6 is 0 Å². The first-order chi connectivity index (χ1) is 14.7. The fourth-order valence-electron chi connectivity index (χ4n) is 3.38. The molecular weight excluding hydrogens is 374 g/mol. The van der Waals surface area contributed by atoms with Crippen molar-refractivity contribution in [1.29, 1.82) is 0 Å². The Morgan fingerprint density at radius 3 is 2.57 bits per heavy atom. The summed E-state index contributed by atoms with van der Waals surface area (Å²) >= 11 is 0. The molecule has 2 heterocycles. The smallest absolute Gasteiger partial charge is 0.259 e. The van der Waals surface area contributed by atoms with Crippen molar-refractivity contribution in [3.05, 3.63) is 53.9 Å². The second kappa shape index (κ2) is 13.8. The summed E-state index contributed by atoms with van der Waals surface area (Å²) in [5, 5.41) is 3.28. The monoisotopic (exact) mass is 411 g/mol. The van der Waals surface area contributed by atoms with Crippen LogP contribution < -0.4 is 15.0 Å². The Bertz CT molecular complexity index is 745. The van der Waals surface area contributed by atoms with Crippen molar-refractivity contribution in [1.82, 2.24) is 10.3 Å². The largest absolute Gasteiger partial charge is 0.491 e. The maximum Gasteiger partial charge on any atom is 0.259 e. The second-order valence-electron chi connectivity index (χ2n) is 7.52. The van der Waals surface area contributed by atoms with Crippen LogP contribution in [0, 0.1) is 0 Å². The number of aryl methyl sites for hydroxylation is 1. The summed E-state index contributed by atoms with van der Waals surface area (Å²) in [6, 6.07) is 9.66. The van der Waals surface area contributed by atoms with Gasteiger partial charge in [-0.3, -0.25) is 9.78 Å². The highest BCUT2D eigenvalue weighted by Gasteiger charge is 2.26. The van der Waals surface area contributed by atoms with Gasteiger partial charge in [0.2, 0.25) is 0 Å². The van der Waals surface area contributed by atoms with Crippen LogP contribution in [0.5, 0.6) is 5.75 Å². The van der Waals surface area contributed by atoms with Crippen molar-refractivity contribution >= 4 is 11.6 Å². The van der Waals surface area contributed by atoms with Gasteiger partial charge in [0.05, 0.1) is 17.9 Å². The predicted octanol–water partition coefficient (Wildman–Crippen LogP) is 5.25. The zero-order chi connectivity index (χ0) is 21.6. The summed E-state index contributed by atoms with van der Waals surface area (Å²) in [6.45, 7) is 10.3. The van der Waals surface area contributed by atoms with Gasteiger partial charge in [-0.05, 0) is 69.0 Å². The van der Waals surface area contributed by atoms with Crippen LogP contribution in [0.25, 0.3) is 0 Å². The molecule has 1 aliphatic heterocycles. The van der Waals surface area contributed by atoms with Crippen molar-refractivity contribution < 1.29 is 9.53 Å². The minimum atomic E-state index is -0.00871. The standard InChI is InChI=1S/C19H22N2O2.C6H15N/c1-2-3-13-23-17-10-4-7-15-9-6-12-21(18(15)17)19(22)16-8-5-11-20-14-16;1-3-5-7-6-4-2/h4-5,7-8,10-11,14H,2-3,6,9,12-13H2,1H3;7H,3-6H2,1-2H3. The van der Waals surface area contributed by atoms with Gasteiger partial charge < -0.3 is 15.0 Å². The van der Waals surface area contributed by atoms with E-state index in [-0.39, 0.29) is 5.91 Å². The quantitative estimate of drug-likeness (QED) is 0.573. The molecule has 1 aromatic heterocycles. The summed E-state index contributed by atoms with van der Waals surface area (Å²) in [5.41, 5.74) is 2.73. The number of nitrogens with one attached hydrogen (secondary N) is 1. The van der Waals surface area contributed by atoms with Gasteiger partial charge >= 0.3 is 0 Å². The van der Waals surface area contributed by atoms with Crippen molar-refractivity contribution in [2.75, 3.05) is 31.1 Å². The molecule has 1 amide bonds. The molecule has 30 heavy (non-hydrogen) atoms. The lowest BCUT2D eigenvalue weighted by Gasteiger charge is -2.31. The fourth-order valence-corrected chi connectivity index (χ4v) is 3.38. The SMILES string of the molecule is CCCCOc1cccc2c1N(C(=O)c1cccnc1)CCC2.CCCNCCC. The lowest BCUT2D eigenvalue weighted by Crippen LogP contribution is -2.36. The van der Waals surface area contributed by atoms with Crippen LogP contribution in [0.4, 0.5) is 5.69 Å². The van der Waals surface area contributed by atoms with Gasteiger partial charge in [-0.2, -0.15) is 0 Å². The fraction of sp³-hybridized carbons (Fsp3) is 0.520. The van der Waals surface area contributed by atoms with Crippen LogP contribution in [-0.4, -0.2) is 37.1 Å². The number of nitrogens with zero attached hydrogens (tertiary/aromatic N) is 2. The number of pyridine rings is 1. The van der Waals surface area contributed by atoms with E-state index in [1.54, 1.807) is 18.5 Å². The summed E-state index contributed by atoms with van der Waals surface area (Å²) in [5.74, 6) is 0.804. The van der Waals surface area contributed by atoms with Crippen LogP contribution in [-0.2, 0) is 6.42 Å². The first-order valence-electron chi connectivity index (χ1n) is 11.4. The van der Waals surface area contributed by atoms with Crippen LogP contribution in [0.1, 0.15) is 68.8 Å². The normalized spacial score (nSPS) is 12.6. The van der Waals surface area contributed by atoms with E-state index in [2.05, 4.69) is 37.1 Å². The van der Waals surface area contributed by atoms with Gasteiger partial charge in [0.15, 0.2) is 0 Å². The Morgan fingerprint density at radius 2 is 1.90 bits per heavy atom. The lowest BCUT2D eigenvalue weighted by atomic mass is 10.00. The maximum atomic E-state index is 12.9. The van der Waals surface area contributed by atoms with E-state index in [4.69, 9.17) is 4.74 Å². The number of hydrogen-bond donors (Lipinski definition) is 1. The Balaban J connectivity index is 0.000000396. The minimum absolute atomic E-state index is 0.00871. The minimum Gasteiger partial charge on any atom is -0.491 e. The number of unbranched alkanes of at least 4 members (excludes halogenated alkanes) is 1. The molecular formula is C25H37N3O2. The van der Waals surface area contributed by atoms with Gasteiger partial charge in [-0.25, -0.2) is 0 Å². The second-order valence-corrected chi connectivity index (χ2v) is 7.52. The summed E-state index contributed by atoms with van der Waals surface area (Å²) in [6.07, 6.45) is 9.86. The number of carbonyl (C=O) groups is 1. The molecule has 3 rings (SSSR count).